The van der Waals surface area contributed by atoms with E-state index >= 15 is 0 Å². The third kappa shape index (κ3) is 5.44. The van der Waals surface area contributed by atoms with Crippen LogP contribution >= 0.6 is 0 Å². The van der Waals surface area contributed by atoms with Gasteiger partial charge in [0.15, 0.2) is 0 Å². The van der Waals surface area contributed by atoms with E-state index in [-0.39, 0.29) is 35.4 Å². The van der Waals surface area contributed by atoms with Gasteiger partial charge in [0, 0.05) is 12.6 Å². The summed E-state index contributed by atoms with van der Waals surface area (Å²) >= 11 is 0. The largest absolute Gasteiger partial charge is 0.444 e. The van der Waals surface area contributed by atoms with E-state index < -0.39 is 13.9 Å². The van der Waals surface area contributed by atoms with E-state index in [1.165, 1.54) is 35.2 Å². The van der Waals surface area contributed by atoms with Gasteiger partial charge in [-0.25, -0.2) is 4.79 Å². The lowest BCUT2D eigenvalue weighted by Gasteiger charge is -2.55. The molecule has 6 atom stereocenters. The highest BCUT2D eigenvalue weighted by molar-refractivity contribution is 6.99. The Kier molecular flexibility index (Phi) is 8.22. The number of fused-ring (bicyclic) bond motifs is 2. The van der Waals surface area contributed by atoms with Crippen LogP contribution in [0.5, 0.6) is 0 Å². The lowest BCUT2D eigenvalue weighted by atomic mass is 9.68. The van der Waals surface area contributed by atoms with Crippen LogP contribution in [0.2, 0.25) is 5.04 Å². The third-order valence-corrected chi connectivity index (χ3v) is 16.4. The summed E-state index contributed by atoms with van der Waals surface area (Å²) in [6.45, 7) is 13.9. The van der Waals surface area contributed by atoms with Crippen molar-refractivity contribution in [2.24, 2.45) is 11.8 Å². The Morgan fingerprint density at radius 2 is 1.28 bits per heavy atom. The molecule has 5 unspecified atom stereocenters. The minimum absolute atomic E-state index is 0.0198. The van der Waals surface area contributed by atoms with Crippen molar-refractivity contribution in [2.75, 3.05) is 0 Å². The maximum Gasteiger partial charge on any atom is 0.410 e. The van der Waals surface area contributed by atoms with Crippen molar-refractivity contribution in [1.82, 2.24) is 9.80 Å². The maximum absolute atomic E-state index is 14.2. The molecule has 0 aromatic heterocycles. The molecule has 1 saturated carbocycles. The first-order chi connectivity index (χ1) is 22.0. The number of likely N-dealkylation sites (tertiary alicyclic amines) is 1. The average Bonchev–Trinajstić information content (AvgIpc) is 3.12. The van der Waals surface area contributed by atoms with Gasteiger partial charge in [-0.3, -0.25) is 9.80 Å². The Balaban J connectivity index is 1.39. The van der Waals surface area contributed by atoms with Crippen molar-refractivity contribution in [3.63, 3.8) is 0 Å². The number of piperidine rings is 2. The first-order valence-corrected chi connectivity index (χ1v) is 19.5. The van der Waals surface area contributed by atoms with E-state index in [0.717, 1.165) is 25.3 Å². The van der Waals surface area contributed by atoms with Gasteiger partial charge in [-0.2, -0.15) is 0 Å². The van der Waals surface area contributed by atoms with Gasteiger partial charge in [-0.05, 0) is 79.3 Å². The molecular weight excluding hydrogens is 585 g/mol. The van der Waals surface area contributed by atoms with Crippen molar-refractivity contribution in [3.8, 4) is 0 Å². The molecule has 3 aliphatic heterocycles. The Morgan fingerprint density at radius 3 is 1.78 bits per heavy atom. The van der Waals surface area contributed by atoms with Gasteiger partial charge in [0.2, 0.25) is 0 Å². The Bertz CT molecular complexity index is 1460. The molecule has 46 heavy (non-hydrogen) atoms. The molecule has 7 rings (SSSR count). The summed E-state index contributed by atoms with van der Waals surface area (Å²) in [5.74, 6) is 1.27. The molecule has 1 amide bonds. The Morgan fingerprint density at radius 1 is 0.739 bits per heavy atom. The average molecular weight is 637 g/mol. The number of carbonyl (C=O) groups excluding carboxylic acids is 1. The number of hydrogen-bond acceptors (Lipinski definition) is 4. The second-order valence-corrected chi connectivity index (χ2v) is 20.6. The third-order valence-electron chi connectivity index (χ3n) is 11.3. The molecule has 3 heterocycles. The molecule has 4 aliphatic rings. The molecule has 1 aliphatic carbocycles. The summed E-state index contributed by atoms with van der Waals surface area (Å²) in [4.78, 5) is 19.2. The van der Waals surface area contributed by atoms with Crippen LogP contribution in [0.1, 0.15) is 79.2 Å². The zero-order valence-electron chi connectivity index (χ0n) is 28.6. The Hall–Kier alpha value is -2.93. The first-order valence-electron chi connectivity index (χ1n) is 17.6. The number of amides is 1. The fourth-order valence-corrected chi connectivity index (χ4v) is 14.2. The van der Waals surface area contributed by atoms with Crippen LogP contribution in [0, 0.1) is 11.8 Å². The smallest absolute Gasteiger partial charge is 0.410 e. The number of benzene rings is 3. The summed E-state index contributed by atoms with van der Waals surface area (Å²) in [6.07, 6.45) is 5.66. The van der Waals surface area contributed by atoms with Crippen LogP contribution in [0.25, 0.3) is 0 Å². The first kappa shape index (κ1) is 31.7. The number of carbonyl (C=O) groups is 1. The highest BCUT2D eigenvalue weighted by atomic mass is 28.4. The molecule has 3 bridgehead atoms. The fourth-order valence-electron chi connectivity index (χ4n) is 9.46. The number of ether oxygens (including phenoxy) is 1. The topological polar surface area (TPSA) is 42.0 Å². The summed E-state index contributed by atoms with van der Waals surface area (Å²) < 4.78 is 14.3. The fraction of sp³-hybridized carbons (Fsp3) is 0.525. The molecule has 0 spiro atoms. The van der Waals surface area contributed by atoms with E-state index in [9.17, 15) is 4.79 Å². The van der Waals surface area contributed by atoms with Gasteiger partial charge in [0.05, 0.1) is 24.2 Å². The SMILES string of the molecule is CC(C)(C)OC(=O)N1C2CC3CC1[C@H](O[Si](c1ccccc1)(c1ccccc1)C(C)(C)C)C2N(Cc1ccccc1)C3C1CCC1. The summed E-state index contributed by atoms with van der Waals surface area (Å²) in [7, 11) is -2.90. The van der Waals surface area contributed by atoms with Crippen molar-refractivity contribution in [3.05, 3.63) is 96.6 Å². The molecule has 3 aromatic carbocycles. The zero-order chi connectivity index (χ0) is 32.3. The van der Waals surface area contributed by atoms with Gasteiger partial charge in [0.25, 0.3) is 8.32 Å². The van der Waals surface area contributed by atoms with Crippen LogP contribution in [-0.4, -0.2) is 60.1 Å². The molecule has 4 fully saturated rings. The molecule has 5 nitrogen and oxygen atoms in total. The van der Waals surface area contributed by atoms with Gasteiger partial charge in [0.1, 0.15) is 5.60 Å². The van der Waals surface area contributed by atoms with Crippen molar-refractivity contribution >= 4 is 24.8 Å². The van der Waals surface area contributed by atoms with Crippen molar-refractivity contribution in [1.29, 1.82) is 0 Å². The molecule has 3 aromatic rings. The standard InChI is InChI=1S/C40H52N2O3Si/c1-39(2,3)44-38(43)42-33-25-30-26-34(42)37(36(33)41(35(30)29-19-16-20-29)27-28-17-10-7-11-18-28)45-46(40(4,5)6,31-21-12-8-13-22-31)32-23-14-9-15-24-32/h7-15,17-18,21-24,29-30,33-37H,16,19-20,25-27H2,1-6H3/t30?,33?,34?,35?,36?,37-/m0/s1. The van der Waals surface area contributed by atoms with E-state index in [4.69, 9.17) is 9.16 Å². The highest BCUT2D eigenvalue weighted by Crippen LogP contribution is 2.55. The molecule has 3 saturated heterocycles. The molecule has 244 valence electrons. The van der Waals surface area contributed by atoms with Crippen LogP contribution in [0.3, 0.4) is 0 Å². The van der Waals surface area contributed by atoms with E-state index in [1.54, 1.807) is 0 Å². The monoisotopic (exact) mass is 636 g/mol. The molecule has 0 radical (unpaired) electrons. The van der Waals surface area contributed by atoms with E-state index in [1.807, 2.05) is 20.8 Å². The van der Waals surface area contributed by atoms with Crippen molar-refractivity contribution < 1.29 is 14.0 Å². The molecule has 6 heteroatoms. The second-order valence-electron chi connectivity index (χ2n) is 16.3. The van der Waals surface area contributed by atoms with Crippen LogP contribution in [-0.2, 0) is 15.7 Å². The van der Waals surface area contributed by atoms with Crippen LogP contribution in [0.15, 0.2) is 91.0 Å². The number of rotatable bonds is 7. The van der Waals surface area contributed by atoms with E-state index in [2.05, 4.69) is 122 Å². The van der Waals surface area contributed by atoms with Gasteiger partial charge in [-0.15, -0.1) is 0 Å². The van der Waals surface area contributed by atoms with Gasteiger partial charge >= 0.3 is 6.09 Å². The lowest BCUT2D eigenvalue weighted by molar-refractivity contribution is -0.0718. The summed E-state index contributed by atoms with van der Waals surface area (Å²) in [5, 5.41) is 2.43. The van der Waals surface area contributed by atoms with Gasteiger partial charge < -0.3 is 9.16 Å². The maximum atomic E-state index is 14.2. The van der Waals surface area contributed by atoms with Crippen LogP contribution in [0.4, 0.5) is 4.79 Å². The normalized spacial score (nSPS) is 28.3. The predicted octanol–water partition coefficient (Wildman–Crippen LogP) is 7.38. The summed E-state index contributed by atoms with van der Waals surface area (Å²) in [5.41, 5.74) is 0.782. The zero-order valence-corrected chi connectivity index (χ0v) is 29.6. The lowest BCUT2D eigenvalue weighted by Crippen LogP contribution is -2.70. The molecule has 0 N–H and O–H groups in total. The van der Waals surface area contributed by atoms with Crippen LogP contribution < -0.4 is 10.4 Å². The predicted molar refractivity (Wildman–Crippen MR) is 188 cm³/mol. The minimum Gasteiger partial charge on any atom is -0.444 e. The highest BCUT2D eigenvalue weighted by Gasteiger charge is 2.66. The van der Waals surface area contributed by atoms with E-state index in [0.29, 0.717) is 12.0 Å². The quantitative estimate of drug-likeness (QED) is 0.254. The summed E-state index contributed by atoms with van der Waals surface area (Å²) in [6, 6.07) is 33.6. The van der Waals surface area contributed by atoms with Crippen molar-refractivity contribution in [2.45, 2.75) is 121 Å². The minimum atomic E-state index is -2.90. The number of nitrogens with zero attached hydrogens (tertiary/aromatic N) is 2. The molecular formula is C40H52N2O3Si. The number of hydrogen-bond donors (Lipinski definition) is 0. The van der Waals surface area contributed by atoms with Gasteiger partial charge in [-0.1, -0.05) is 118 Å². The Labute approximate surface area is 277 Å². The second kappa shape index (κ2) is 11.9.